The average molecular weight is 416 g/mol. The molecule has 1 aromatic heterocycles. The Balaban J connectivity index is 1.79. The van der Waals surface area contributed by atoms with Crippen molar-refractivity contribution in [3.63, 3.8) is 0 Å². The maximum atomic E-state index is 9.85. The third kappa shape index (κ3) is 3.92. The van der Waals surface area contributed by atoms with Crippen molar-refractivity contribution >= 4 is 0 Å². The van der Waals surface area contributed by atoms with Crippen LogP contribution in [0.15, 0.2) is 60.0 Å². The molecule has 1 aliphatic rings. The van der Waals surface area contributed by atoms with Crippen LogP contribution in [-0.4, -0.2) is 22.9 Å². The molecule has 1 aliphatic heterocycles. The molecule has 0 bridgehead atoms. The second-order valence-electron chi connectivity index (χ2n) is 7.44. The summed E-state index contributed by atoms with van der Waals surface area (Å²) in [5.74, 6) is 1.57. The minimum absolute atomic E-state index is 0.0623. The van der Waals surface area contributed by atoms with Crippen LogP contribution in [0.25, 0.3) is 11.3 Å². The standard InChI is InChI=1S/C24H24N4O3/c1-4-29-17-9-7-16(8-10-17)22-21-20(15-5-11-18(12-6-15)30-14(2)3)19(13-25)23(26)31-24(21)28-27-22/h5-12,14,20H,4,26H2,1-3H3,(H,27,28). The van der Waals surface area contributed by atoms with Gasteiger partial charge in [0.1, 0.15) is 23.1 Å². The number of ether oxygens (including phenoxy) is 3. The van der Waals surface area contributed by atoms with Crippen LogP contribution in [0.3, 0.4) is 0 Å². The number of nitrogens with one attached hydrogen (secondary N) is 1. The van der Waals surface area contributed by atoms with Crippen LogP contribution >= 0.6 is 0 Å². The lowest BCUT2D eigenvalue weighted by Gasteiger charge is -2.24. The molecule has 3 aromatic rings. The molecule has 31 heavy (non-hydrogen) atoms. The van der Waals surface area contributed by atoms with Crippen LogP contribution in [0.2, 0.25) is 0 Å². The second kappa shape index (κ2) is 8.44. The van der Waals surface area contributed by atoms with E-state index >= 15 is 0 Å². The Morgan fingerprint density at radius 3 is 2.42 bits per heavy atom. The molecular formula is C24H24N4O3. The van der Waals surface area contributed by atoms with Crippen molar-refractivity contribution in [2.24, 2.45) is 5.73 Å². The minimum Gasteiger partial charge on any atom is -0.494 e. The van der Waals surface area contributed by atoms with Crippen LogP contribution in [0.5, 0.6) is 17.4 Å². The van der Waals surface area contributed by atoms with E-state index in [0.717, 1.165) is 33.9 Å². The van der Waals surface area contributed by atoms with Crippen LogP contribution in [0.4, 0.5) is 0 Å². The highest BCUT2D eigenvalue weighted by Gasteiger charge is 2.35. The van der Waals surface area contributed by atoms with Crippen molar-refractivity contribution in [3.05, 3.63) is 71.1 Å². The predicted molar refractivity (Wildman–Crippen MR) is 117 cm³/mol. The van der Waals surface area contributed by atoms with Crippen molar-refractivity contribution < 1.29 is 14.2 Å². The number of fused-ring (bicyclic) bond motifs is 1. The third-order valence-corrected chi connectivity index (χ3v) is 4.98. The number of rotatable bonds is 6. The van der Waals surface area contributed by atoms with Gasteiger partial charge in [0.25, 0.3) is 0 Å². The number of aromatic nitrogens is 2. The van der Waals surface area contributed by atoms with Crippen LogP contribution in [0.1, 0.15) is 37.8 Å². The topological polar surface area (TPSA) is 106 Å². The zero-order valence-electron chi connectivity index (χ0n) is 17.7. The minimum atomic E-state index is -0.415. The summed E-state index contributed by atoms with van der Waals surface area (Å²) in [4.78, 5) is 0. The van der Waals surface area contributed by atoms with Crippen molar-refractivity contribution in [2.75, 3.05) is 6.61 Å². The molecule has 0 aliphatic carbocycles. The number of benzene rings is 2. The molecule has 1 unspecified atom stereocenters. The molecule has 0 radical (unpaired) electrons. The summed E-state index contributed by atoms with van der Waals surface area (Å²) in [5, 5.41) is 17.2. The summed E-state index contributed by atoms with van der Waals surface area (Å²) in [6, 6.07) is 17.6. The highest BCUT2D eigenvalue weighted by molar-refractivity contribution is 5.71. The van der Waals surface area contributed by atoms with Gasteiger partial charge in [-0.3, -0.25) is 5.10 Å². The van der Waals surface area contributed by atoms with Gasteiger partial charge in [-0.15, -0.1) is 5.10 Å². The maximum absolute atomic E-state index is 9.85. The van der Waals surface area contributed by atoms with Crippen molar-refractivity contribution in [1.82, 2.24) is 10.2 Å². The molecular weight excluding hydrogens is 392 g/mol. The predicted octanol–water partition coefficient (Wildman–Crippen LogP) is 4.48. The van der Waals surface area contributed by atoms with E-state index in [1.165, 1.54) is 0 Å². The monoisotopic (exact) mass is 416 g/mol. The van der Waals surface area contributed by atoms with Gasteiger partial charge in [0.2, 0.25) is 11.8 Å². The number of hydrogen-bond acceptors (Lipinski definition) is 6. The summed E-state index contributed by atoms with van der Waals surface area (Å²) in [7, 11) is 0. The average Bonchev–Trinajstić information content (AvgIpc) is 3.17. The van der Waals surface area contributed by atoms with Crippen LogP contribution < -0.4 is 19.9 Å². The Bertz CT molecular complexity index is 1140. The SMILES string of the molecule is CCOc1ccc(-c2[nH]nc3c2C(c2ccc(OC(C)C)cc2)C(C#N)=C(N)O3)cc1. The normalized spacial score (nSPS) is 15.3. The molecule has 0 amide bonds. The fourth-order valence-corrected chi connectivity index (χ4v) is 3.69. The first kappa shape index (κ1) is 20.4. The molecule has 0 spiro atoms. The Hall–Kier alpha value is -3.92. The van der Waals surface area contributed by atoms with Gasteiger partial charge < -0.3 is 19.9 Å². The molecule has 158 valence electrons. The zero-order valence-corrected chi connectivity index (χ0v) is 17.7. The first-order chi connectivity index (χ1) is 15.0. The van der Waals surface area contributed by atoms with Gasteiger partial charge in [-0.05, 0) is 62.7 Å². The lowest BCUT2D eigenvalue weighted by Crippen LogP contribution is -2.21. The van der Waals surface area contributed by atoms with Gasteiger partial charge in [0.05, 0.1) is 29.9 Å². The molecule has 0 fully saturated rings. The molecule has 7 nitrogen and oxygen atoms in total. The second-order valence-corrected chi connectivity index (χ2v) is 7.44. The van der Waals surface area contributed by atoms with Gasteiger partial charge in [-0.2, -0.15) is 5.26 Å². The maximum Gasteiger partial charge on any atom is 0.244 e. The van der Waals surface area contributed by atoms with E-state index in [2.05, 4.69) is 16.3 Å². The highest BCUT2D eigenvalue weighted by atomic mass is 16.5. The lowest BCUT2D eigenvalue weighted by atomic mass is 9.83. The largest absolute Gasteiger partial charge is 0.494 e. The van der Waals surface area contributed by atoms with E-state index in [1.54, 1.807) is 0 Å². The molecule has 1 atom stereocenters. The van der Waals surface area contributed by atoms with Gasteiger partial charge in [-0.1, -0.05) is 12.1 Å². The van der Waals surface area contributed by atoms with E-state index in [9.17, 15) is 5.26 Å². The Kier molecular flexibility index (Phi) is 5.54. The van der Waals surface area contributed by atoms with Gasteiger partial charge >= 0.3 is 0 Å². The first-order valence-corrected chi connectivity index (χ1v) is 10.2. The number of allylic oxidation sites excluding steroid dienone is 1. The Labute approximate surface area is 181 Å². The van der Waals surface area contributed by atoms with E-state index in [1.807, 2.05) is 69.3 Å². The summed E-state index contributed by atoms with van der Waals surface area (Å²) in [6.45, 7) is 6.49. The van der Waals surface area contributed by atoms with Gasteiger partial charge in [-0.25, -0.2) is 0 Å². The van der Waals surface area contributed by atoms with Crippen LogP contribution in [-0.2, 0) is 0 Å². The number of nitriles is 1. The first-order valence-electron chi connectivity index (χ1n) is 10.2. The summed E-state index contributed by atoms with van der Waals surface area (Å²) < 4.78 is 17.0. The molecule has 3 N–H and O–H groups in total. The van der Waals surface area contributed by atoms with Crippen molar-refractivity contribution in [3.8, 4) is 34.7 Å². The van der Waals surface area contributed by atoms with E-state index < -0.39 is 5.92 Å². The fraction of sp³-hybridized carbons (Fsp3) is 0.250. The Morgan fingerprint density at radius 1 is 1.13 bits per heavy atom. The molecule has 0 saturated carbocycles. The van der Waals surface area contributed by atoms with E-state index in [-0.39, 0.29) is 12.0 Å². The van der Waals surface area contributed by atoms with E-state index in [4.69, 9.17) is 19.9 Å². The highest BCUT2D eigenvalue weighted by Crippen LogP contribution is 2.45. The lowest BCUT2D eigenvalue weighted by molar-refractivity contribution is 0.242. The summed E-state index contributed by atoms with van der Waals surface area (Å²) in [6.07, 6.45) is 0.0749. The third-order valence-electron chi connectivity index (χ3n) is 4.98. The smallest absolute Gasteiger partial charge is 0.244 e. The zero-order chi connectivity index (χ0) is 22.0. The summed E-state index contributed by atoms with van der Waals surface area (Å²) >= 11 is 0. The summed E-state index contributed by atoms with van der Waals surface area (Å²) in [5.41, 5.74) is 9.76. The molecule has 4 rings (SSSR count). The van der Waals surface area contributed by atoms with Crippen LogP contribution in [0, 0.1) is 11.3 Å². The number of hydrogen-bond donors (Lipinski definition) is 2. The van der Waals surface area contributed by atoms with Gasteiger partial charge in [0, 0.05) is 5.56 Å². The quantitative estimate of drug-likeness (QED) is 0.614. The molecule has 2 heterocycles. The molecule has 0 saturated heterocycles. The Morgan fingerprint density at radius 2 is 1.81 bits per heavy atom. The number of aromatic amines is 1. The fourth-order valence-electron chi connectivity index (χ4n) is 3.69. The molecule has 7 heteroatoms. The van der Waals surface area contributed by atoms with Crippen molar-refractivity contribution in [2.45, 2.75) is 32.8 Å². The molecule has 2 aromatic carbocycles. The van der Waals surface area contributed by atoms with E-state index in [0.29, 0.717) is 18.1 Å². The van der Waals surface area contributed by atoms with Crippen molar-refractivity contribution in [1.29, 1.82) is 5.26 Å². The number of nitrogens with two attached hydrogens (primary N) is 1. The number of H-pyrrole nitrogens is 1. The van der Waals surface area contributed by atoms with Gasteiger partial charge in [0.15, 0.2) is 0 Å². The number of nitrogens with zero attached hydrogens (tertiary/aromatic N) is 2.